The van der Waals surface area contributed by atoms with Crippen molar-refractivity contribution in [2.75, 3.05) is 18.5 Å². The van der Waals surface area contributed by atoms with Crippen LogP contribution in [0.2, 0.25) is 0 Å². The molecule has 31 heavy (non-hydrogen) atoms. The molecular formula is C24H29N3O3S. The normalized spacial score (nSPS) is 15.9. The molecular weight excluding hydrogens is 410 g/mol. The maximum Gasteiger partial charge on any atom is 0.257 e. The Morgan fingerprint density at radius 2 is 1.61 bits per heavy atom. The van der Waals surface area contributed by atoms with Crippen LogP contribution in [-0.4, -0.2) is 36.2 Å². The number of ether oxygens (including phenoxy) is 1. The SMILES string of the molecule is CC(C)(C)c1ccc(C(=O)NC(=S)Nc2ccc(C(=O)NCC3CCCO3)cc2)cc1. The summed E-state index contributed by atoms with van der Waals surface area (Å²) in [5, 5.41) is 8.74. The third-order valence-corrected chi connectivity index (χ3v) is 5.36. The summed E-state index contributed by atoms with van der Waals surface area (Å²) in [6.07, 6.45) is 2.13. The van der Waals surface area contributed by atoms with Crippen molar-refractivity contribution in [3.05, 3.63) is 65.2 Å². The van der Waals surface area contributed by atoms with Gasteiger partial charge in [0.25, 0.3) is 11.8 Å². The van der Waals surface area contributed by atoms with Crippen molar-refractivity contribution >= 4 is 34.8 Å². The number of rotatable bonds is 5. The smallest absolute Gasteiger partial charge is 0.257 e. The van der Waals surface area contributed by atoms with Gasteiger partial charge in [0.15, 0.2) is 5.11 Å². The highest BCUT2D eigenvalue weighted by Crippen LogP contribution is 2.22. The molecule has 6 nitrogen and oxygen atoms in total. The van der Waals surface area contributed by atoms with Crippen molar-refractivity contribution < 1.29 is 14.3 Å². The molecule has 1 saturated heterocycles. The number of hydrogen-bond acceptors (Lipinski definition) is 4. The zero-order chi connectivity index (χ0) is 22.4. The molecule has 0 bridgehead atoms. The van der Waals surface area contributed by atoms with Gasteiger partial charge in [0.05, 0.1) is 6.10 Å². The van der Waals surface area contributed by atoms with Gasteiger partial charge in [-0.15, -0.1) is 0 Å². The number of hydrogen-bond donors (Lipinski definition) is 3. The van der Waals surface area contributed by atoms with E-state index < -0.39 is 0 Å². The van der Waals surface area contributed by atoms with Gasteiger partial charge in [0.2, 0.25) is 0 Å². The van der Waals surface area contributed by atoms with Crippen LogP contribution in [0.1, 0.15) is 59.9 Å². The van der Waals surface area contributed by atoms with Gasteiger partial charge in [-0.05, 0) is 72.4 Å². The van der Waals surface area contributed by atoms with E-state index in [-0.39, 0.29) is 28.4 Å². The lowest BCUT2D eigenvalue weighted by Gasteiger charge is -2.19. The quantitative estimate of drug-likeness (QED) is 0.613. The number of thiocarbonyl (C=S) groups is 1. The van der Waals surface area contributed by atoms with E-state index in [1.54, 1.807) is 36.4 Å². The summed E-state index contributed by atoms with van der Waals surface area (Å²) < 4.78 is 5.51. The first-order valence-electron chi connectivity index (χ1n) is 10.4. The van der Waals surface area contributed by atoms with Crippen LogP contribution in [0.3, 0.4) is 0 Å². The Hall–Kier alpha value is -2.77. The molecule has 2 amide bonds. The average molecular weight is 440 g/mol. The number of carbonyl (C=O) groups is 2. The number of nitrogens with one attached hydrogen (secondary N) is 3. The van der Waals surface area contributed by atoms with Crippen LogP contribution in [0.4, 0.5) is 5.69 Å². The molecule has 1 atom stereocenters. The predicted molar refractivity (Wildman–Crippen MR) is 127 cm³/mol. The lowest BCUT2D eigenvalue weighted by Crippen LogP contribution is -2.34. The highest BCUT2D eigenvalue weighted by molar-refractivity contribution is 7.80. The number of benzene rings is 2. The van der Waals surface area contributed by atoms with Gasteiger partial charge in [-0.1, -0.05) is 32.9 Å². The fraction of sp³-hybridized carbons (Fsp3) is 0.375. The first-order valence-corrected chi connectivity index (χ1v) is 10.9. The molecule has 164 valence electrons. The standard InChI is InChI=1S/C24H29N3O3S/c1-24(2,3)18-10-6-17(7-11-18)22(29)27-23(31)26-19-12-8-16(9-13-19)21(28)25-15-20-5-4-14-30-20/h6-13,20H,4-5,14-15H2,1-3H3,(H,25,28)(H2,26,27,29,31). The molecule has 1 fully saturated rings. The summed E-state index contributed by atoms with van der Waals surface area (Å²) >= 11 is 5.25. The Morgan fingerprint density at radius 1 is 1.00 bits per heavy atom. The van der Waals surface area contributed by atoms with Crippen LogP contribution in [0.5, 0.6) is 0 Å². The van der Waals surface area contributed by atoms with E-state index in [9.17, 15) is 9.59 Å². The molecule has 0 spiro atoms. The minimum Gasteiger partial charge on any atom is -0.376 e. The first-order chi connectivity index (χ1) is 14.7. The summed E-state index contributed by atoms with van der Waals surface area (Å²) in [6, 6.07) is 14.4. The second-order valence-corrected chi connectivity index (χ2v) is 9.07. The second kappa shape index (κ2) is 10.0. The van der Waals surface area contributed by atoms with Crippen molar-refractivity contribution in [3.63, 3.8) is 0 Å². The topological polar surface area (TPSA) is 79.5 Å². The van der Waals surface area contributed by atoms with Gasteiger partial charge in [-0.25, -0.2) is 0 Å². The fourth-order valence-corrected chi connectivity index (χ4v) is 3.49. The summed E-state index contributed by atoms with van der Waals surface area (Å²) in [7, 11) is 0. The second-order valence-electron chi connectivity index (χ2n) is 8.66. The van der Waals surface area contributed by atoms with Crippen LogP contribution < -0.4 is 16.0 Å². The van der Waals surface area contributed by atoms with Gasteiger partial charge in [-0.3, -0.25) is 14.9 Å². The van der Waals surface area contributed by atoms with Gasteiger partial charge in [-0.2, -0.15) is 0 Å². The molecule has 0 radical (unpaired) electrons. The zero-order valence-corrected chi connectivity index (χ0v) is 19.0. The number of carbonyl (C=O) groups excluding carboxylic acids is 2. The molecule has 1 aliphatic rings. The molecule has 1 heterocycles. The van der Waals surface area contributed by atoms with E-state index in [0.717, 1.165) is 25.0 Å². The van der Waals surface area contributed by atoms with Crippen molar-refractivity contribution in [3.8, 4) is 0 Å². The molecule has 1 unspecified atom stereocenters. The van der Waals surface area contributed by atoms with Crippen molar-refractivity contribution in [1.82, 2.24) is 10.6 Å². The van der Waals surface area contributed by atoms with Crippen molar-refractivity contribution in [1.29, 1.82) is 0 Å². The Labute approximate surface area is 188 Å². The Kier molecular flexibility index (Phi) is 7.41. The highest BCUT2D eigenvalue weighted by atomic mass is 32.1. The maximum absolute atomic E-state index is 12.4. The summed E-state index contributed by atoms with van der Waals surface area (Å²) in [5.41, 5.74) is 2.96. The van der Waals surface area contributed by atoms with Crippen molar-refractivity contribution in [2.45, 2.75) is 45.1 Å². The minimum absolute atomic E-state index is 0.0270. The Bertz CT molecular complexity index is 928. The zero-order valence-electron chi connectivity index (χ0n) is 18.2. The fourth-order valence-electron chi connectivity index (χ4n) is 3.28. The van der Waals surface area contributed by atoms with E-state index in [2.05, 4.69) is 36.7 Å². The molecule has 7 heteroatoms. The van der Waals surface area contributed by atoms with E-state index in [4.69, 9.17) is 17.0 Å². The third kappa shape index (κ3) is 6.60. The molecule has 3 rings (SSSR count). The lowest BCUT2D eigenvalue weighted by molar-refractivity contribution is 0.0857. The molecule has 1 aliphatic heterocycles. The highest BCUT2D eigenvalue weighted by Gasteiger charge is 2.17. The van der Waals surface area contributed by atoms with Crippen LogP contribution in [0.15, 0.2) is 48.5 Å². The number of anilines is 1. The molecule has 0 aromatic heterocycles. The lowest BCUT2D eigenvalue weighted by atomic mass is 9.87. The average Bonchev–Trinajstić information content (AvgIpc) is 3.25. The minimum atomic E-state index is -0.275. The van der Waals surface area contributed by atoms with Gasteiger partial charge >= 0.3 is 0 Å². The van der Waals surface area contributed by atoms with E-state index in [0.29, 0.717) is 23.4 Å². The first kappa shape index (κ1) is 22.9. The van der Waals surface area contributed by atoms with Gasteiger partial charge < -0.3 is 15.4 Å². The maximum atomic E-state index is 12.4. The molecule has 0 aliphatic carbocycles. The molecule has 0 saturated carbocycles. The summed E-state index contributed by atoms with van der Waals surface area (Å²) in [5.74, 6) is -0.417. The summed E-state index contributed by atoms with van der Waals surface area (Å²) in [4.78, 5) is 24.7. The summed E-state index contributed by atoms with van der Waals surface area (Å²) in [6.45, 7) is 7.66. The van der Waals surface area contributed by atoms with Crippen LogP contribution in [-0.2, 0) is 10.2 Å². The van der Waals surface area contributed by atoms with E-state index in [1.807, 2.05) is 12.1 Å². The number of amides is 2. The molecule has 3 N–H and O–H groups in total. The third-order valence-electron chi connectivity index (χ3n) is 5.16. The molecule has 2 aromatic carbocycles. The largest absolute Gasteiger partial charge is 0.376 e. The van der Waals surface area contributed by atoms with Gasteiger partial charge in [0, 0.05) is 30.0 Å². The van der Waals surface area contributed by atoms with Gasteiger partial charge in [0.1, 0.15) is 0 Å². The Morgan fingerprint density at radius 3 is 2.19 bits per heavy atom. The van der Waals surface area contributed by atoms with Crippen molar-refractivity contribution in [2.24, 2.45) is 0 Å². The van der Waals surface area contributed by atoms with Crippen LogP contribution >= 0.6 is 12.2 Å². The predicted octanol–water partition coefficient (Wildman–Crippen LogP) is 4.02. The monoisotopic (exact) mass is 439 g/mol. The van der Waals surface area contributed by atoms with Crippen LogP contribution in [0, 0.1) is 0 Å². The Balaban J connectivity index is 1.49. The molecule has 2 aromatic rings. The van der Waals surface area contributed by atoms with E-state index in [1.165, 1.54) is 0 Å². The van der Waals surface area contributed by atoms with E-state index >= 15 is 0 Å². The van der Waals surface area contributed by atoms with Crippen LogP contribution in [0.25, 0.3) is 0 Å².